The highest BCUT2D eigenvalue weighted by Gasteiger charge is 2.38. The van der Waals surface area contributed by atoms with Gasteiger partial charge in [-0.1, -0.05) is 36.0 Å². The Morgan fingerprint density at radius 2 is 1.95 bits per heavy atom. The number of anilines is 1. The van der Waals surface area contributed by atoms with E-state index in [1.54, 1.807) is 18.2 Å². The van der Waals surface area contributed by atoms with Gasteiger partial charge in [-0.25, -0.2) is 0 Å². The molecule has 1 aromatic rings. The average molecular weight is 341 g/mol. The Balaban J connectivity index is 1.65. The summed E-state index contributed by atoms with van der Waals surface area (Å²) in [5, 5.41) is 3.74. The molecule has 0 bridgehead atoms. The van der Waals surface area contributed by atoms with Crippen LogP contribution in [-0.2, 0) is 9.59 Å². The molecular weight excluding hydrogens is 323 g/mol. The van der Waals surface area contributed by atoms with Crippen molar-refractivity contribution < 1.29 is 9.59 Å². The fraction of sp³-hybridized carbons (Fsp3) is 0.500. The number of hydrogen-bond acceptors (Lipinski definition) is 2. The highest BCUT2D eigenvalue weighted by atomic mass is 35.5. The van der Waals surface area contributed by atoms with Gasteiger partial charge in [0.25, 0.3) is 0 Å². The number of nitrogens with one attached hydrogen (secondary N) is 1. The normalized spacial score (nSPS) is 22.4. The van der Waals surface area contributed by atoms with Gasteiger partial charge in [0.1, 0.15) is 0 Å². The number of carbonyl (C=O) groups excluding carboxylic acids is 2. The maximum absolute atomic E-state index is 12.4. The van der Waals surface area contributed by atoms with Gasteiger partial charge < -0.3 is 10.2 Å². The molecule has 2 amide bonds. The van der Waals surface area contributed by atoms with E-state index in [1.165, 1.54) is 12.8 Å². The van der Waals surface area contributed by atoms with Crippen LogP contribution in [0, 0.1) is 5.92 Å². The predicted octanol–water partition coefficient (Wildman–Crippen LogP) is 3.72. The van der Waals surface area contributed by atoms with E-state index >= 15 is 0 Å². The number of likely N-dealkylation sites (tertiary alicyclic amines) is 1. The third-order valence-electron chi connectivity index (χ3n) is 4.48. The van der Waals surface area contributed by atoms with Gasteiger partial charge in [-0.3, -0.25) is 9.59 Å². The summed E-state index contributed by atoms with van der Waals surface area (Å²) < 4.78 is 0. The number of hydrogen-bond donors (Lipinski definition) is 1. The van der Waals surface area contributed by atoms with E-state index in [2.05, 4.69) is 5.32 Å². The fourth-order valence-corrected chi connectivity index (χ4v) is 3.64. The minimum atomic E-state index is -0.317. The van der Waals surface area contributed by atoms with E-state index in [1.807, 2.05) is 4.90 Å². The second kappa shape index (κ2) is 6.47. The van der Waals surface area contributed by atoms with Crippen molar-refractivity contribution in [1.29, 1.82) is 0 Å². The molecule has 6 heteroatoms. The van der Waals surface area contributed by atoms with Gasteiger partial charge in [0.05, 0.1) is 16.6 Å². The van der Waals surface area contributed by atoms with Crippen LogP contribution in [0.1, 0.15) is 32.1 Å². The summed E-state index contributed by atoms with van der Waals surface area (Å²) in [5.74, 6) is -0.398. The van der Waals surface area contributed by atoms with Crippen molar-refractivity contribution >= 4 is 40.7 Å². The first-order chi connectivity index (χ1) is 10.5. The van der Waals surface area contributed by atoms with Gasteiger partial charge in [0.2, 0.25) is 11.8 Å². The number of benzene rings is 1. The van der Waals surface area contributed by atoms with Crippen molar-refractivity contribution in [2.24, 2.45) is 5.92 Å². The van der Waals surface area contributed by atoms with Crippen LogP contribution in [0.5, 0.6) is 0 Å². The third-order valence-corrected chi connectivity index (χ3v) is 5.05. The van der Waals surface area contributed by atoms with E-state index in [0.717, 1.165) is 12.8 Å². The molecule has 1 saturated carbocycles. The molecule has 1 aliphatic heterocycles. The van der Waals surface area contributed by atoms with Gasteiger partial charge in [-0.2, -0.15) is 0 Å². The molecule has 0 unspecified atom stereocenters. The SMILES string of the molecule is O=C(Nc1cc(Cl)ccc1Cl)[C@@H]1CC(=O)N(C2CCCC2)C1. The summed E-state index contributed by atoms with van der Waals surface area (Å²) in [7, 11) is 0. The standard InChI is InChI=1S/C16H18Cl2N2O2/c17-11-5-6-13(18)14(8-11)19-16(22)10-7-15(21)20(9-10)12-3-1-2-4-12/h5-6,8,10,12H,1-4,7,9H2,(H,19,22)/t10-/m1/s1. The second-order valence-corrected chi connectivity index (χ2v) is 6.84. The Morgan fingerprint density at radius 3 is 2.68 bits per heavy atom. The maximum Gasteiger partial charge on any atom is 0.229 e. The largest absolute Gasteiger partial charge is 0.339 e. The summed E-state index contributed by atoms with van der Waals surface area (Å²) in [6.45, 7) is 0.507. The Hall–Kier alpha value is -1.26. The summed E-state index contributed by atoms with van der Waals surface area (Å²) in [6.07, 6.45) is 4.73. The smallest absolute Gasteiger partial charge is 0.229 e. The molecule has 0 radical (unpaired) electrons. The number of amides is 2. The molecule has 1 saturated heterocycles. The Kier molecular flexibility index (Phi) is 4.59. The van der Waals surface area contributed by atoms with Crippen molar-refractivity contribution in [1.82, 2.24) is 4.90 Å². The van der Waals surface area contributed by atoms with Crippen molar-refractivity contribution in [3.63, 3.8) is 0 Å². The first-order valence-electron chi connectivity index (χ1n) is 7.60. The molecule has 1 aromatic carbocycles. The number of rotatable bonds is 3. The van der Waals surface area contributed by atoms with E-state index < -0.39 is 0 Å². The van der Waals surface area contributed by atoms with Gasteiger partial charge >= 0.3 is 0 Å². The highest BCUT2D eigenvalue weighted by molar-refractivity contribution is 6.35. The van der Waals surface area contributed by atoms with Crippen LogP contribution < -0.4 is 5.32 Å². The lowest BCUT2D eigenvalue weighted by Crippen LogP contribution is -2.35. The molecule has 4 nitrogen and oxygen atoms in total. The van der Waals surface area contributed by atoms with Crippen LogP contribution in [0.3, 0.4) is 0 Å². The zero-order valence-corrected chi connectivity index (χ0v) is 13.7. The van der Waals surface area contributed by atoms with Gasteiger partial charge in [-0.05, 0) is 31.0 Å². The zero-order valence-electron chi connectivity index (χ0n) is 12.1. The van der Waals surface area contributed by atoms with E-state index in [4.69, 9.17) is 23.2 Å². The van der Waals surface area contributed by atoms with Crippen LogP contribution in [-0.4, -0.2) is 29.3 Å². The van der Waals surface area contributed by atoms with Crippen LogP contribution in [0.25, 0.3) is 0 Å². The Labute approximate surface area is 139 Å². The molecule has 2 fully saturated rings. The Bertz CT molecular complexity index is 600. The van der Waals surface area contributed by atoms with Gasteiger partial charge in [0.15, 0.2) is 0 Å². The minimum Gasteiger partial charge on any atom is -0.339 e. The quantitative estimate of drug-likeness (QED) is 0.911. The summed E-state index contributed by atoms with van der Waals surface area (Å²) in [6, 6.07) is 5.25. The highest BCUT2D eigenvalue weighted by Crippen LogP contribution is 2.31. The topological polar surface area (TPSA) is 49.4 Å². The number of halogens is 2. The molecule has 1 aliphatic carbocycles. The Morgan fingerprint density at radius 1 is 1.23 bits per heavy atom. The molecular formula is C16H18Cl2N2O2. The number of nitrogens with zero attached hydrogens (tertiary/aromatic N) is 1. The molecule has 118 valence electrons. The molecule has 1 atom stereocenters. The van der Waals surface area contributed by atoms with Gasteiger partial charge in [-0.15, -0.1) is 0 Å². The molecule has 0 spiro atoms. The summed E-state index contributed by atoms with van der Waals surface area (Å²) in [4.78, 5) is 26.4. The maximum atomic E-state index is 12.4. The second-order valence-electron chi connectivity index (χ2n) is 6.00. The molecule has 2 aliphatic rings. The van der Waals surface area contributed by atoms with Crippen molar-refractivity contribution in [3.8, 4) is 0 Å². The van der Waals surface area contributed by atoms with Crippen molar-refractivity contribution in [3.05, 3.63) is 28.2 Å². The van der Waals surface area contributed by atoms with E-state index in [-0.39, 0.29) is 24.2 Å². The van der Waals surface area contributed by atoms with Crippen LogP contribution >= 0.6 is 23.2 Å². The number of carbonyl (C=O) groups is 2. The monoisotopic (exact) mass is 340 g/mol. The lowest BCUT2D eigenvalue weighted by atomic mass is 10.1. The predicted molar refractivity (Wildman–Crippen MR) is 87.2 cm³/mol. The zero-order chi connectivity index (χ0) is 15.7. The van der Waals surface area contributed by atoms with E-state index in [9.17, 15) is 9.59 Å². The molecule has 1 heterocycles. The fourth-order valence-electron chi connectivity index (χ4n) is 3.30. The first-order valence-corrected chi connectivity index (χ1v) is 8.35. The van der Waals surface area contributed by atoms with E-state index in [0.29, 0.717) is 28.3 Å². The molecule has 1 N–H and O–H groups in total. The average Bonchev–Trinajstić information content (AvgIpc) is 3.11. The molecule has 3 rings (SSSR count). The molecule has 0 aromatic heterocycles. The van der Waals surface area contributed by atoms with Gasteiger partial charge in [0, 0.05) is 24.0 Å². The lowest BCUT2D eigenvalue weighted by molar-refractivity contribution is -0.129. The van der Waals surface area contributed by atoms with Crippen LogP contribution in [0.2, 0.25) is 10.0 Å². The minimum absolute atomic E-state index is 0.0873. The third kappa shape index (κ3) is 3.23. The van der Waals surface area contributed by atoms with Crippen molar-refractivity contribution in [2.75, 3.05) is 11.9 Å². The lowest BCUT2D eigenvalue weighted by Gasteiger charge is -2.23. The molecule has 22 heavy (non-hydrogen) atoms. The summed E-state index contributed by atoms with van der Waals surface area (Å²) in [5.41, 5.74) is 0.492. The first kappa shape index (κ1) is 15.6. The van der Waals surface area contributed by atoms with Crippen LogP contribution in [0.4, 0.5) is 5.69 Å². The van der Waals surface area contributed by atoms with Crippen LogP contribution in [0.15, 0.2) is 18.2 Å². The van der Waals surface area contributed by atoms with Crippen molar-refractivity contribution in [2.45, 2.75) is 38.1 Å². The summed E-state index contributed by atoms with van der Waals surface area (Å²) >= 11 is 12.0.